The average molecular weight is 467 g/mol. The molecule has 32 heavy (non-hydrogen) atoms. The topological polar surface area (TPSA) is 89.6 Å². The van der Waals surface area contributed by atoms with Crippen molar-refractivity contribution in [2.75, 3.05) is 6.61 Å². The van der Waals surface area contributed by atoms with Crippen molar-refractivity contribution in [1.29, 1.82) is 0 Å². The molecule has 1 saturated heterocycles. The van der Waals surface area contributed by atoms with Crippen molar-refractivity contribution in [3.63, 3.8) is 0 Å². The first-order chi connectivity index (χ1) is 15.3. The van der Waals surface area contributed by atoms with E-state index in [-0.39, 0.29) is 11.3 Å². The Kier molecular flexibility index (Phi) is 6.42. The second-order valence-electron chi connectivity index (χ2n) is 7.46. The maximum atomic E-state index is 13.6. The summed E-state index contributed by atoms with van der Waals surface area (Å²) in [6.07, 6.45) is -1.66. The van der Waals surface area contributed by atoms with Crippen LogP contribution in [0.1, 0.15) is 11.6 Å². The third-order valence-corrected chi connectivity index (χ3v) is 5.65. The zero-order valence-electron chi connectivity index (χ0n) is 16.8. The predicted octanol–water partition coefficient (Wildman–Crippen LogP) is 2.67. The lowest BCUT2D eigenvalue weighted by Gasteiger charge is -2.42. The van der Waals surface area contributed by atoms with Crippen LogP contribution in [-0.2, 0) is 4.74 Å². The molecule has 2 heterocycles. The summed E-state index contributed by atoms with van der Waals surface area (Å²) in [5.41, 5.74) is 0.0594. The van der Waals surface area contributed by atoms with Crippen LogP contribution in [0.4, 0.5) is 13.2 Å². The number of rotatable bonds is 5. The molecule has 5 atom stereocenters. The average Bonchev–Trinajstić information content (AvgIpc) is 3.25. The molecule has 1 aliphatic heterocycles. The van der Waals surface area contributed by atoms with E-state index >= 15 is 0 Å². The van der Waals surface area contributed by atoms with E-state index in [0.29, 0.717) is 5.75 Å². The van der Waals surface area contributed by atoms with Gasteiger partial charge in [-0.15, -0.1) is 17.7 Å². The smallest absolute Gasteiger partial charge is 0.194 e. The van der Waals surface area contributed by atoms with Crippen LogP contribution in [0.5, 0.6) is 5.75 Å². The third kappa shape index (κ3) is 4.33. The fourth-order valence-electron chi connectivity index (χ4n) is 3.55. The minimum atomic E-state index is -1.59. The Balaban J connectivity index is 1.70. The number of aliphatic hydroxyl groups is 2. The second kappa shape index (κ2) is 9.10. The summed E-state index contributed by atoms with van der Waals surface area (Å²) in [6, 6.07) is 7.82. The third-order valence-electron chi connectivity index (χ3n) is 5.23. The van der Waals surface area contributed by atoms with E-state index in [9.17, 15) is 23.4 Å². The molecule has 2 N–H and O–H groups in total. The minimum Gasteiger partial charge on any atom is -0.485 e. The summed E-state index contributed by atoms with van der Waals surface area (Å²) in [6.45, 7) is 1.49. The Morgan fingerprint density at radius 2 is 1.81 bits per heavy atom. The van der Waals surface area contributed by atoms with Crippen LogP contribution in [0.2, 0.25) is 0 Å². The molecular weight excluding hydrogens is 447 g/mol. The fraction of sp³-hybridized carbons (Fsp3) is 0.333. The van der Waals surface area contributed by atoms with E-state index < -0.39 is 53.8 Å². The molecule has 170 valence electrons. The van der Waals surface area contributed by atoms with Gasteiger partial charge in [0.25, 0.3) is 0 Å². The van der Waals surface area contributed by atoms with Crippen molar-refractivity contribution in [1.82, 2.24) is 15.0 Å². The van der Waals surface area contributed by atoms with Gasteiger partial charge in [-0.05, 0) is 31.2 Å². The van der Waals surface area contributed by atoms with Gasteiger partial charge in [-0.2, -0.15) is 0 Å². The maximum Gasteiger partial charge on any atom is 0.194 e. The summed E-state index contributed by atoms with van der Waals surface area (Å²) in [4.78, 5) is 0. The highest BCUT2D eigenvalue weighted by Gasteiger charge is 2.47. The Bertz CT molecular complexity index is 1080. The highest BCUT2D eigenvalue weighted by atomic mass is 32.1. The quantitative estimate of drug-likeness (QED) is 0.395. The highest BCUT2D eigenvalue weighted by Crippen LogP contribution is 2.35. The SMILES string of the molecule is Cc1ccc(O[C@@H]2[C@H](n3cc(-c4cc(F)c(F)c(F)c4)nn3)[C@@H](O)[C@@H](S)O[C@@H]2CO)cc1. The molecule has 1 aromatic heterocycles. The molecule has 2 aromatic carbocycles. The lowest BCUT2D eigenvalue weighted by Crippen LogP contribution is -2.56. The molecule has 7 nitrogen and oxygen atoms in total. The summed E-state index contributed by atoms with van der Waals surface area (Å²) in [5, 5.41) is 28.5. The largest absolute Gasteiger partial charge is 0.485 e. The molecule has 0 unspecified atom stereocenters. The molecule has 11 heteroatoms. The number of thiol groups is 1. The van der Waals surface area contributed by atoms with Crippen LogP contribution < -0.4 is 4.74 Å². The first-order valence-electron chi connectivity index (χ1n) is 9.71. The van der Waals surface area contributed by atoms with Gasteiger partial charge in [0.2, 0.25) is 0 Å². The van der Waals surface area contributed by atoms with Gasteiger partial charge in [-0.25, -0.2) is 17.9 Å². The van der Waals surface area contributed by atoms with Gasteiger partial charge >= 0.3 is 0 Å². The van der Waals surface area contributed by atoms with Gasteiger partial charge in [0, 0.05) is 5.56 Å². The normalized spacial score (nSPS) is 25.7. The number of halogens is 3. The predicted molar refractivity (Wildman–Crippen MR) is 111 cm³/mol. The number of nitrogens with zero attached hydrogens (tertiary/aromatic N) is 3. The van der Waals surface area contributed by atoms with Crippen LogP contribution >= 0.6 is 12.6 Å². The number of hydrogen-bond acceptors (Lipinski definition) is 7. The van der Waals surface area contributed by atoms with E-state index in [1.54, 1.807) is 12.1 Å². The van der Waals surface area contributed by atoms with E-state index in [0.717, 1.165) is 17.7 Å². The monoisotopic (exact) mass is 467 g/mol. The van der Waals surface area contributed by atoms with Gasteiger partial charge in [0.15, 0.2) is 23.6 Å². The molecule has 0 bridgehead atoms. The first-order valence-corrected chi connectivity index (χ1v) is 10.2. The Hall–Kier alpha value is -2.60. The Labute approximate surface area is 186 Å². The van der Waals surface area contributed by atoms with Crippen molar-refractivity contribution in [3.8, 4) is 17.0 Å². The van der Waals surface area contributed by atoms with Crippen molar-refractivity contribution in [3.05, 3.63) is 65.6 Å². The van der Waals surface area contributed by atoms with Crippen LogP contribution in [-0.4, -0.2) is 55.6 Å². The first kappa shape index (κ1) is 22.6. The van der Waals surface area contributed by atoms with Crippen LogP contribution in [0, 0.1) is 24.4 Å². The number of aromatic nitrogens is 3. The molecular formula is C21H20F3N3O4S. The summed E-state index contributed by atoms with van der Waals surface area (Å²) in [5.74, 6) is -3.84. The van der Waals surface area contributed by atoms with Crippen molar-refractivity contribution in [2.45, 2.75) is 36.7 Å². The summed E-state index contributed by atoms with van der Waals surface area (Å²) >= 11 is 4.23. The highest BCUT2D eigenvalue weighted by molar-refractivity contribution is 7.80. The van der Waals surface area contributed by atoms with E-state index in [4.69, 9.17) is 9.47 Å². The van der Waals surface area contributed by atoms with E-state index in [1.807, 2.05) is 19.1 Å². The van der Waals surface area contributed by atoms with Crippen molar-refractivity contribution < 1.29 is 32.9 Å². The number of ether oxygens (including phenoxy) is 2. The molecule has 3 aromatic rings. The number of aryl methyl sites for hydroxylation is 1. The lowest BCUT2D eigenvalue weighted by atomic mass is 9.97. The molecule has 0 radical (unpaired) electrons. The van der Waals surface area contributed by atoms with Gasteiger partial charge in [-0.1, -0.05) is 22.9 Å². The standard InChI is InChI=1S/C21H20F3N3O4S/c1-10-2-4-12(5-3-10)30-20-16(9-28)31-21(32)19(29)18(20)27-8-15(25-26-27)11-6-13(22)17(24)14(23)7-11/h2-8,16,18-21,28-29,32H,9H2,1H3/t16-,18-,19-,20+,21-/m1/s1. The van der Waals surface area contributed by atoms with E-state index in [1.165, 1.54) is 10.9 Å². The number of aliphatic hydroxyl groups excluding tert-OH is 2. The maximum absolute atomic E-state index is 13.6. The fourth-order valence-corrected chi connectivity index (χ4v) is 3.88. The van der Waals surface area contributed by atoms with E-state index in [2.05, 4.69) is 22.9 Å². The minimum absolute atomic E-state index is 0.0358. The molecule has 0 spiro atoms. The second-order valence-corrected chi connectivity index (χ2v) is 7.97. The molecule has 0 amide bonds. The number of hydrogen-bond donors (Lipinski definition) is 3. The van der Waals surface area contributed by atoms with Crippen molar-refractivity contribution >= 4 is 12.6 Å². The summed E-state index contributed by atoms with van der Waals surface area (Å²) in [7, 11) is 0. The van der Waals surface area contributed by atoms with Gasteiger partial charge < -0.3 is 19.7 Å². The Morgan fingerprint density at radius 3 is 2.44 bits per heavy atom. The molecule has 1 aliphatic rings. The zero-order chi connectivity index (χ0) is 23.0. The van der Waals surface area contributed by atoms with Crippen LogP contribution in [0.3, 0.4) is 0 Å². The van der Waals surface area contributed by atoms with Gasteiger partial charge in [-0.3, -0.25) is 0 Å². The van der Waals surface area contributed by atoms with Crippen LogP contribution in [0.25, 0.3) is 11.3 Å². The lowest BCUT2D eigenvalue weighted by molar-refractivity contribution is -0.170. The Morgan fingerprint density at radius 1 is 1.16 bits per heavy atom. The number of benzene rings is 2. The summed E-state index contributed by atoms with van der Waals surface area (Å²) < 4.78 is 53.5. The van der Waals surface area contributed by atoms with Crippen LogP contribution in [0.15, 0.2) is 42.6 Å². The molecule has 4 rings (SSSR count). The molecule has 0 saturated carbocycles. The zero-order valence-corrected chi connectivity index (χ0v) is 17.7. The van der Waals surface area contributed by atoms with Crippen molar-refractivity contribution in [2.24, 2.45) is 0 Å². The molecule has 0 aliphatic carbocycles. The molecule has 1 fully saturated rings. The van der Waals surface area contributed by atoms with Gasteiger partial charge in [0.05, 0.1) is 12.8 Å². The van der Waals surface area contributed by atoms with Gasteiger partial charge in [0.1, 0.15) is 35.1 Å².